The van der Waals surface area contributed by atoms with Gasteiger partial charge in [0.2, 0.25) is 0 Å². The first-order chi connectivity index (χ1) is 11.5. The van der Waals surface area contributed by atoms with Crippen LogP contribution in [0.15, 0.2) is 54.1 Å². The van der Waals surface area contributed by atoms with Gasteiger partial charge in [0, 0.05) is 5.69 Å². The van der Waals surface area contributed by atoms with Crippen LogP contribution < -0.4 is 5.32 Å². The van der Waals surface area contributed by atoms with Crippen LogP contribution in [0.5, 0.6) is 0 Å². The first kappa shape index (κ1) is 17.0. The molecule has 24 heavy (non-hydrogen) atoms. The average molecular weight is 320 g/mol. The van der Waals surface area contributed by atoms with Gasteiger partial charge in [-0.05, 0) is 41.8 Å². The Morgan fingerprint density at radius 1 is 1.21 bits per heavy atom. The minimum Gasteiger partial charge on any atom is -0.478 e. The molecular formula is C19H16N2O3. The van der Waals surface area contributed by atoms with Crippen LogP contribution in [0.4, 0.5) is 5.69 Å². The second kappa shape index (κ2) is 7.75. The van der Waals surface area contributed by atoms with E-state index in [-0.39, 0.29) is 11.1 Å². The fraction of sp³-hybridized carbons (Fsp3) is 0.105. The van der Waals surface area contributed by atoms with Crippen LogP contribution in [0.3, 0.4) is 0 Å². The normalized spacial score (nSPS) is 10.8. The van der Waals surface area contributed by atoms with Crippen molar-refractivity contribution < 1.29 is 14.7 Å². The van der Waals surface area contributed by atoms with E-state index in [2.05, 4.69) is 5.32 Å². The highest BCUT2D eigenvalue weighted by Crippen LogP contribution is 2.14. The van der Waals surface area contributed by atoms with Crippen LogP contribution in [0.25, 0.3) is 6.08 Å². The van der Waals surface area contributed by atoms with Gasteiger partial charge in [0.1, 0.15) is 11.6 Å². The highest BCUT2D eigenvalue weighted by Gasteiger charge is 2.11. The summed E-state index contributed by atoms with van der Waals surface area (Å²) in [4.78, 5) is 23.1. The molecule has 0 aliphatic heterocycles. The molecule has 0 saturated heterocycles. The summed E-state index contributed by atoms with van der Waals surface area (Å²) in [5, 5.41) is 20.7. The molecule has 0 unspecified atom stereocenters. The van der Waals surface area contributed by atoms with Gasteiger partial charge in [-0.15, -0.1) is 0 Å². The van der Waals surface area contributed by atoms with Crippen LogP contribution >= 0.6 is 0 Å². The van der Waals surface area contributed by atoms with Gasteiger partial charge in [-0.25, -0.2) is 4.79 Å². The van der Waals surface area contributed by atoms with Gasteiger partial charge in [0.15, 0.2) is 0 Å². The number of aryl methyl sites for hydroxylation is 1. The van der Waals surface area contributed by atoms with E-state index in [1.807, 2.05) is 37.3 Å². The van der Waals surface area contributed by atoms with Crippen LogP contribution in [0.2, 0.25) is 0 Å². The Morgan fingerprint density at radius 2 is 1.92 bits per heavy atom. The molecule has 0 atom stereocenters. The standard InChI is InChI=1S/C19H16N2O3/c1-2-13-6-8-14(9-7-13)10-16(12-20)18(22)21-17-5-3-4-15(11-17)19(23)24/h3-11H,2H2,1H3,(H,21,22)(H,23,24). The molecular weight excluding hydrogens is 304 g/mol. The third kappa shape index (κ3) is 4.31. The van der Waals surface area contributed by atoms with Crippen LogP contribution in [0, 0.1) is 11.3 Å². The van der Waals surface area contributed by atoms with Crippen molar-refractivity contribution in [2.75, 3.05) is 5.32 Å². The van der Waals surface area contributed by atoms with E-state index >= 15 is 0 Å². The first-order valence-electron chi connectivity index (χ1n) is 7.39. The summed E-state index contributed by atoms with van der Waals surface area (Å²) in [7, 11) is 0. The van der Waals surface area contributed by atoms with Crippen molar-refractivity contribution in [1.82, 2.24) is 0 Å². The Hall–Kier alpha value is -3.39. The molecule has 0 aliphatic carbocycles. The summed E-state index contributed by atoms with van der Waals surface area (Å²) in [6, 6.07) is 15.3. The number of hydrogen-bond acceptors (Lipinski definition) is 3. The number of carbonyl (C=O) groups excluding carboxylic acids is 1. The van der Waals surface area contributed by atoms with E-state index in [9.17, 15) is 14.9 Å². The summed E-state index contributed by atoms with van der Waals surface area (Å²) in [6.07, 6.45) is 2.41. The monoisotopic (exact) mass is 320 g/mol. The SMILES string of the molecule is CCc1ccc(C=C(C#N)C(=O)Nc2cccc(C(=O)O)c2)cc1. The van der Waals surface area contributed by atoms with Crippen molar-refractivity contribution >= 4 is 23.6 Å². The predicted molar refractivity (Wildman–Crippen MR) is 91.4 cm³/mol. The maximum atomic E-state index is 12.2. The largest absolute Gasteiger partial charge is 0.478 e. The number of carbonyl (C=O) groups is 2. The Morgan fingerprint density at radius 3 is 2.50 bits per heavy atom. The topological polar surface area (TPSA) is 90.2 Å². The van der Waals surface area contributed by atoms with Crippen LogP contribution in [-0.4, -0.2) is 17.0 Å². The number of carboxylic acids is 1. The number of nitrogens with one attached hydrogen (secondary N) is 1. The van der Waals surface area contributed by atoms with E-state index < -0.39 is 11.9 Å². The van der Waals surface area contributed by atoms with E-state index in [1.54, 1.807) is 6.07 Å². The van der Waals surface area contributed by atoms with Crippen LogP contribution in [0.1, 0.15) is 28.4 Å². The summed E-state index contributed by atoms with van der Waals surface area (Å²) in [5.41, 5.74) is 2.24. The molecule has 0 radical (unpaired) electrons. The fourth-order valence-corrected chi connectivity index (χ4v) is 2.09. The second-order valence-electron chi connectivity index (χ2n) is 5.11. The molecule has 0 bridgehead atoms. The number of carboxylic acid groups (broad SMARTS) is 1. The lowest BCUT2D eigenvalue weighted by atomic mass is 10.1. The second-order valence-corrected chi connectivity index (χ2v) is 5.11. The summed E-state index contributed by atoms with van der Waals surface area (Å²) in [5.74, 6) is -1.67. The lowest BCUT2D eigenvalue weighted by Gasteiger charge is -2.05. The van der Waals surface area contributed by atoms with E-state index in [0.717, 1.165) is 12.0 Å². The number of amides is 1. The summed E-state index contributed by atoms with van der Waals surface area (Å²) >= 11 is 0. The number of hydrogen-bond donors (Lipinski definition) is 2. The van der Waals surface area contributed by atoms with Crippen molar-refractivity contribution in [3.8, 4) is 6.07 Å². The highest BCUT2D eigenvalue weighted by molar-refractivity contribution is 6.10. The van der Waals surface area contributed by atoms with Gasteiger partial charge in [-0.1, -0.05) is 37.3 Å². The Bertz CT molecular complexity index is 830. The Labute approximate surface area is 139 Å². The Balaban J connectivity index is 2.19. The van der Waals surface area contributed by atoms with Crippen molar-refractivity contribution in [3.63, 3.8) is 0 Å². The molecule has 1 amide bonds. The minimum absolute atomic E-state index is 0.0556. The maximum absolute atomic E-state index is 12.2. The van der Waals surface area contributed by atoms with Crippen LogP contribution in [-0.2, 0) is 11.2 Å². The van der Waals surface area contributed by atoms with Gasteiger partial charge >= 0.3 is 5.97 Å². The molecule has 2 aromatic rings. The molecule has 0 heterocycles. The number of aromatic carboxylic acids is 1. The predicted octanol–water partition coefficient (Wildman–Crippen LogP) is 3.49. The number of anilines is 1. The Kier molecular flexibility index (Phi) is 5.48. The maximum Gasteiger partial charge on any atom is 0.335 e. The van der Waals surface area contributed by atoms with Crippen molar-refractivity contribution in [2.24, 2.45) is 0 Å². The third-order valence-electron chi connectivity index (χ3n) is 3.43. The lowest BCUT2D eigenvalue weighted by molar-refractivity contribution is -0.112. The number of nitrogens with zero attached hydrogens (tertiary/aromatic N) is 1. The molecule has 2 rings (SSSR count). The zero-order valence-corrected chi connectivity index (χ0v) is 13.1. The molecule has 0 saturated carbocycles. The molecule has 120 valence electrons. The number of rotatable bonds is 5. The molecule has 0 fully saturated rings. The lowest BCUT2D eigenvalue weighted by Crippen LogP contribution is -2.13. The van der Waals surface area contributed by atoms with Crippen molar-refractivity contribution in [1.29, 1.82) is 5.26 Å². The zero-order chi connectivity index (χ0) is 17.5. The third-order valence-corrected chi connectivity index (χ3v) is 3.43. The molecule has 5 nitrogen and oxygen atoms in total. The van der Waals surface area contributed by atoms with Gasteiger partial charge in [-0.3, -0.25) is 4.79 Å². The van der Waals surface area contributed by atoms with Gasteiger partial charge < -0.3 is 10.4 Å². The molecule has 0 aromatic heterocycles. The zero-order valence-electron chi connectivity index (χ0n) is 13.1. The molecule has 0 aliphatic rings. The first-order valence-corrected chi connectivity index (χ1v) is 7.39. The number of nitriles is 1. The van der Waals surface area contributed by atoms with E-state index in [1.165, 1.54) is 29.8 Å². The minimum atomic E-state index is -1.09. The quantitative estimate of drug-likeness (QED) is 0.652. The van der Waals surface area contributed by atoms with Crippen molar-refractivity contribution in [3.05, 3.63) is 70.8 Å². The fourth-order valence-electron chi connectivity index (χ4n) is 2.09. The average Bonchev–Trinajstić information content (AvgIpc) is 2.60. The van der Waals surface area contributed by atoms with Crippen molar-refractivity contribution in [2.45, 2.75) is 13.3 Å². The van der Waals surface area contributed by atoms with E-state index in [4.69, 9.17) is 5.11 Å². The molecule has 2 aromatic carbocycles. The molecule has 5 heteroatoms. The van der Waals surface area contributed by atoms with Gasteiger partial charge in [0.25, 0.3) is 5.91 Å². The summed E-state index contributed by atoms with van der Waals surface area (Å²) < 4.78 is 0. The van der Waals surface area contributed by atoms with E-state index in [0.29, 0.717) is 5.69 Å². The molecule has 0 spiro atoms. The molecule has 2 N–H and O–H groups in total. The van der Waals surface area contributed by atoms with Gasteiger partial charge in [-0.2, -0.15) is 5.26 Å². The summed E-state index contributed by atoms with van der Waals surface area (Å²) in [6.45, 7) is 2.05. The van der Waals surface area contributed by atoms with Gasteiger partial charge in [0.05, 0.1) is 5.56 Å². The highest BCUT2D eigenvalue weighted by atomic mass is 16.4. The smallest absolute Gasteiger partial charge is 0.335 e. The number of benzene rings is 2.